The van der Waals surface area contributed by atoms with Crippen LogP contribution in [0.5, 0.6) is 0 Å². The van der Waals surface area contributed by atoms with Gasteiger partial charge in [0.2, 0.25) is 0 Å². The van der Waals surface area contributed by atoms with Crippen molar-refractivity contribution in [3.05, 3.63) is 65.9 Å². The van der Waals surface area contributed by atoms with E-state index in [0.29, 0.717) is 18.1 Å². The van der Waals surface area contributed by atoms with E-state index in [1.165, 1.54) is 10.9 Å². The molecule has 1 aromatic heterocycles. The van der Waals surface area contributed by atoms with Gasteiger partial charge in [0, 0.05) is 23.0 Å². The zero-order valence-electron chi connectivity index (χ0n) is 12.9. The molecule has 2 aliphatic heterocycles. The minimum absolute atomic E-state index is 0.0714. The number of carbonyl (C=O) groups is 1. The summed E-state index contributed by atoms with van der Waals surface area (Å²) >= 11 is 5.62. The number of para-hydroxylation sites is 2. The van der Waals surface area contributed by atoms with E-state index in [0.717, 1.165) is 16.9 Å². The third-order valence-corrected chi connectivity index (χ3v) is 5.38. The van der Waals surface area contributed by atoms with Crippen LogP contribution in [-0.2, 0) is 17.8 Å². The zero-order chi connectivity index (χ0) is 16.3. The number of carbonyl (C=O) groups excluding carboxylic acids is 1. The van der Waals surface area contributed by atoms with Gasteiger partial charge in [-0.05, 0) is 36.0 Å². The number of fused-ring (bicyclic) bond motifs is 4. The maximum atomic E-state index is 13.0. The van der Waals surface area contributed by atoms with Crippen molar-refractivity contribution in [1.29, 1.82) is 0 Å². The first-order chi connectivity index (χ1) is 11.7. The van der Waals surface area contributed by atoms with Crippen LogP contribution < -0.4 is 4.90 Å². The van der Waals surface area contributed by atoms with Gasteiger partial charge >= 0.3 is 0 Å². The van der Waals surface area contributed by atoms with Gasteiger partial charge in [0.1, 0.15) is 6.04 Å². The Balaban J connectivity index is 1.58. The summed E-state index contributed by atoms with van der Waals surface area (Å²) in [6, 6.07) is 17.7. The summed E-state index contributed by atoms with van der Waals surface area (Å²) in [6.07, 6.45) is 0.696. The molecule has 24 heavy (non-hydrogen) atoms. The molecule has 5 heteroatoms. The summed E-state index contributed by atoms with van der Waals surface area (Å²) in [6.45, 7) is 0.655. The predicted octanol–water partition coefficient (Wildman–Crippen LogP) is 3.23. The first kappa shape index (κ1) is 13.7. The largest absolute Gasteiger partial charge is 0.357 e. The molecule has 3 aromatic rings. The van der Waals surface area contributed by atoms with Crippen molar-refractivity contribution in [3.8, 4) is 0 Å². The number of hydrogen-bond acceptors (Lipinski definition) is 2. The lowest BCUT2D eigenvalue weighted by Gasteiger charge is -2.28. The van der Waals surface area contributed by atoms with Gasteiger partial charge in [-0.2, -0.15) is 0 Å². The molecule has 1 amide bonds. The fourth-order valence-electron chi connectivity index (χ4n) is 3.82. The van der Waals surface area contributed by atoms with Crippen LogP contribution in [0.1, 0.15) is 11.3 Å². The van der Waals surface area contributed by atoms with Crippen LogP contribution >= 0.6 is 12.2 Å². The molecule has 0 bridgehead atoms. The van der Waals surface area contributed by atoms with Crippen LogP contribution in [0.2, 0.25) is 0 Å². The number of amides is 1. The lowest BCUT2D eigenvalue weighted by Crippen LogP contribution is -2.39. The van der Waals surface area contributed by atoms with Crippen molar-refractivity contribution in [2.45, 2.75) is 19.0 Å². The second kappa shape index (κ2) is 4.92. The number of aromatic nitrogens is 1. The number of H-pyrrole nitrogens is 1. The fraction of sp³-hybridized carbons (Fsp3) is 0.158. The van der Waals surface area contributed by atoms with E-state index in [9.17, 15) is 4.79 Å². The molecule has 5 rings (SSSR count). The molecule has 0 aliphatic carbocycles. The van der Waals surface area contributed by atoms with Crippen LogP contribution in [0.25, 0.3) is 10.9 Å². The molecule has 0 radical (unpaired) electrons. The lowest BCUT2D eigenvalue weighted by molar-refractivity contribution is -0.119. The molecule has 0 saturated carbocycles. The Hall–Kier alpha value is -2.66. The molecule has 118 valence electrons. The van der Waals surface area contributed by atoms with E-state index in [-0.39, 0.29) is 11.9 Å². The van der Waals surface area contributed by atoms with Crippen molar-refractivity contribution >= 4 is 39.8 Å². The number of nitrogens with zero attached hydrogens (tertiary/aromatic N) is 2. The van der Waals surface area contributed by atoms with Crippen LogP contribution in [-0.4, -0.2) is 26.9 Å². The Bertz CT molecular complexity index is 979. The van der Waals surface area contributed by atoms with Crippen molar-refractivity contribution in [2.75, 3.05) is 4.90 Å². The summed E-state index contributed by atoms with van der Waals surface area (Å²) in [5, 5.41) is 1.81. The lowest BCUT2D eigenvalue weighted by atomic mass is 9.97. The SMILES string of the molecule is O=C1C2Cc3c([nH]c4ccccc34)CN2C(=S)N1c1ccccc1. The summed E-state index contributed by atoms with van der Waals surface area (Å²) in [5.41, 5.74) is 4.38. The molecular weight excluding hydrogens is 318 g/mol. The Kier molecular flexibility index (Phi) is 2.82. The maximum Gasteiger partial charge on any atom is 0.256 e. The minimum Gasteiger partial charge on any atom is -0.357 e. The van der Waals surface area contributed by atoms with Crippen molar-refractivity contribution in [1.82, 2.24) is 9.88 Å². The highest BCUT2D eigenvalue weighted by Gasteiger charge is 2.46. The average Bonchev–Trinajstić information content (AvgIpc) is 3.10. The topological polar surface area (TPSA) is 39.3 Å². The number of thiocarbonyl (C=S) groups is 1. The van der Waals surface area contributed by atoms with E-state index in [2.05, 4.69) is 17.1 Å². The standard InChI is InChI=1S/C19H15N3OS/c23-18-17-10-14-13-8-4-5-9-15(13)20-16(14)11-21(17)19(24)22(18)12-6-2-1-3-7-12/h1-9,17,20H,10-11H2. The van der Waals surface area contributed by atoms with Gasteiger partial charge in [-0.15, -0.1) is 0 Å². The molecule has 1 atom stereocenters. The highest BCUT2D eigenvalue weighted by Crippen LogP contribution is 2.35. The van der Waals surface area contributed by atoms with Crippen molar-refractivity contribution in [3.63, 3.8) is 0 Å². The van der Waals surface area contributed by atoms with Crippen LogP contribution in [0.3, 0.4) is 0 Å². The summed E-state index contributed by atoms with van der Waals surface area (Å²) in [4.78, 5) is 20.2. The molecule has 1 saturated heterocycles. The number of benzene rings is 2. The van der Waals surface area contributed by atoms with Gasteiger partial charge in [0.15, 0.2) is 5.11 Å². The zero-order valence-corrected chi connectivity index (χ0v) is 13.7. The Morgan fingerprint density at radius 1 is 1.04 bits per heavy atom. The van der Waals surface area contributed by atoms with Gasteiger partial charge in [0.05, 0.1) is 12.2 Å². The number of nitrogens with one attached hydrogen (secondary N) is 1. The summed E-state index contributed by atoms with van der Waals surface area (Å²) in [5.74, 6) is 0.0714. The maximum absolute atomic E-state index is 13.0. The van der Waals surface area contributed by atoms with Crippen LogP contribution in [0.4, 0.5) is 5.69 Å². The molecular formula is C19H15N3OS. The quantitative estimate of drug-likeness (QED) is 0.695. The molecule has 1 unspecified atom stereocenters. The number of hydrogen-bond donors (Lipinski definition) is 1. The predicted molar refractivity (Wildman–Crippen MR) is 97.9 cm³/mol. The van der Waals surface area contributed by atoms with Gasteiger partial charge in [-0.25, -0.2) is 0 Å². The Labute approximate surface area is 144 Å². The molecule has 0 spiro atoms. The van der Waals surface area contributed by atoms with Crippen LogP contribution in [0.15, 0.2) is 54.6 Å². The molecule has 3 heterocycles. The smallest absolute Gasteiger partial charge is 0.256 e. The average molecular weight is 333 g/mol. The Morgan fingerprint density at radius 3 is 2.62 bits per heavy atom. The van der Waals surface area contributed by atoms with E-state index in [1.807, 2.05) is 47.4 Å². The van der Waals surface area contributed by atoms with Gasteiger partial charge < -0.3 is 9.88 Å². The Morgan fingerprint density at radius 2 is 1.79 bits per heavy atom. The first-order valence-corrected chi connectivity index (χ1v) is 8.43. The second-order valence-electron chi connectivity index (χ2n) is 6.27. The molecule has 2 aliphatic rings. The molecule has 4 nitrogen and oxygen atoms in total. The van der Waals surface area contributed by atoms with Crippen LogP contribution in [0, 0.1) is 0 Å². The highest BCUT2D eigenvalue weighted by molar-refractivity contribution is 7.80. The van der Waals surface area contributed by atoms with Gasteiger partial charge in [-0.1, -0.05) is 36.4 Å². The van der Waals surface area contributed by atoms with Crippen molar-refractivity contribution < 1.29 is 4.79 Å². The summed E-state index contributed by atoms with van der Waals surface area (Å²) in [7, 11) is 0. The third kappa shape index (κ3) is 1.79. The van der Waals surface area contributed by atoms with Gasteiger partial charge in [0.25, 0.3) is 5.91 Å². The normalized spacial score (nSPS) is 19.8. The molecule has 2 aromatic carbocycles. The monoisotopic (exact) mass is 333 g/mol. The first-order valence-electron chi connectivity index (χ1n) is 8.02. The highest BCUT2D eigenvalue weighted by atomic mass is 32.1. The third-order valence-electron chi connectivity index (χ3n) is 4.96. The number of aromatic amines is 1. The van der Waals surface area contributed by atoms with Gasteiger partial charge in [-0.3, -0.25) is 9.69 Å². The van der Waals surface area contributed by atoms with Crippen molar-refractivity contribution in [2.24, 2.45) is 0 Å². The molecule has 1 fully saturated rings. The van der Waals surface area contributed by atoms with E-state index in [1.54, 1.807) is 4.90 Å². The molecule has 1 N–H and O–H groups in total. The second-order valence-corrected chi connectivity index (χ2v) is 6.63. The fourth-order valence-corrected chi connectivity index (χ4v) is 4.20. The number of anilines is 1. The van der Waals surface area contributed by atoms with E-state index in [4.69, 9.17) is 12.2 Å². The van der Waals surface area contributed by atoms with E-state index >= 15 is 0 Å². The number of rotatable bonds is 1. The minimum atomic E-state index is -0.204. The summed E-state index contributed by atoms with van der Waals surface area (Å²) < 4.78 is 0. The van der Waals surface area contributed by atoms with E-state index < -0.39 is 0 Å².